The molecular weight excluding hydrogens is 324 g/mol. The van der Waals surface area contributed by atoms with Crippen molar-refractivity contribution in [2.24, 2.45) is 0 Å². The number of halogens is 2. The fourth-order valence-electron chi connectivity index (χ4n) is 2.09. The van der Waals surface area contributed by atoms with Crippen molar-refractivity contribution in [2.75, 3.05) is 6.54 Å². The molecule has 4 heteroatoms. The number of rotatable bonds is 5. The molecule has 0 aliphatic heterocycles. The maximum Gasteiger partial charge on any atom is 0.0637 e. The highest BCUT2D eigenvalue weighted by Crippen LogP contribution is 2.27. The van der Waals surface area contributed by atoms with E-state index in [2.05, 4.69) is 51.4 Å². The van der Waals surface area contributed by atoms with Crippen LogP contribution < -0.4 is 5.32 Å². The van der Waals surface area contributed by atoms with Gasteiger partial charge in [0.25, 0.3) is 0 Å². The summed E-state index contributed by atoms with van der Waals surface area (Å²) in [4.78, 5) is 4.04. The topological polar surface area (TPSA) is 24.9 Å². The molecule has 1 heterocycles. The molecule has 0 spiro atoms. The quantitative estimate of drug-likeness (QED) is 0.874. The first-order valence-corrected chi connectivity index (χ1v) is 7.45. The third kappa shape index (κ3) is 3.78. The number of nitrogens with one attached hydrogen (secondary N) is 1. The molecule has 19 heavy (non-hydrogen) atoms. The standard InChI is InChI=1S/C15H16BrClN2/c1-2-19-15(12-7-8-18-10-14(12)17)9-11-5-3-4-6-13(11)16/h3-8,10,15,19H,2,9H2,1H3. The van der Waals surface area contributed by atoms with Crippen LogP contribution in [-0.2, 0) is 6.42 Å². The van der Waals surface area contributed by atoms with E-state index >= 15 is 0 Å². The highest BCUT2D eigenvalue weighted by atomic mass is 79.9. The minimum atomic E-state index is 0.194. The van der Waals surface area contributed by atoms with Crippen molar-refractivity contribution in [3.05, 3.63) is 63.3 Å². The summed E-state index contributed by atoms with van der Waals surface area (Å²) in [5.41, 5.74) is 2.36. The zero-order chi connectivity index (χ0) is 13.7. The number of nitrogens with zero attached hydrogens (tertiary/aromatic N) is 1. The lowest BCUT2D eigenvalue weighted by Crippen LogP contribution is -2.23. The first-order valence-electron chi connectivity index (χ1n) is 6.28. The monoisotopic (exact) mass is 338 g/mol. The number of hydrogen-bond acceptors (Lipinski definition) is 2. The lowest BCUT2D eigenvalue weighted by atomic mass is 9.99. The Kier molecular flexibility index (Phi) is 5.37. The molecule has 0 radical (unpaired) electrons. The Morgan fingerprint density at radius 3 is 2.79 bits per heavy atom. The third-order valence-electron chi connectivity index (χ3n) is 3.01. The minimum absolute atomic E-state index is 0.194. The molecule has 0 amide bonds. The van der Waals surface area contributed by atoms with Gasteiger partial charge in [-0.25, -0.2) is 0 Å². The smallest absolute Gasteiger partial charge is 0.0637 e. The summed E-state index contributed by atoms with van der Waals surface area (Å²) >= 11 is 9.84. The van der Waals surface area contributed by atoms with E-state index in [1.807, 2.05) is 12.1 Å². The average Bonchev–Trinajstić information content (AvgIpc) is 2.41. The number of benzene rings is 1. The minimum Gasteiger partial charge on any atom is -0.310 e. The molecule has 0 aliphatic carbocycles. The van der Waals surface area contributed by atoms with Crippen molar-refractivity contribution in [1.82, 2.24) is 10.3 Å². The summed E-state index contributed by atoms with van der Waals surface area (Å²) in [5.74, 6) is 0. The van der Waals surface area contributed by atoms with Gasteiger partial charge in [0.1, 0.15) is 0 Å². The Hall–Kier alpha value is -0.900. The molecule has 0 aliphatic rings. The van der Waals surface area contributed by atoms with Crippen LogP contribution in [0.25, 0.3) is 0 Å². The van der Waals surface area contributed by atoms with Crippen molar-refractivity contribution in [3.8, 4) is 0 Å². The van der Waals surface area contributed by atoms with Crippen LogP contribution in [-0.4, -0.2) is 11.5 Å². The predicted molar refractivity (Wildman–Crippen MR) is 83.5 cm³/mol. The maximum absolute atomic E-state index is 6.25. The Bertz CT molecular complexity index is 545. The van der Waals surface area contributed by atoms with Crippen LogP contribution in [0.3, 0.4) is 0 Å². The second kappa shape index (κ2) is 7.04. The molecule has 0 bridgehead atoms. The molecule has 1 atom stereocenters. The van der Waals surface area contributed by atoms with Gasteiger partial charge in [-0.05, 0) is 36.2 Å². The van der Waals surface area contributed by atoms with Crippen LogP contribution in [0.1, 0.15) is 24.1 Å². The normalized spacial score (nSPS) is 12.4. The van der Waals surface area contributed by atoms with Gasteiger partial charge in [-0.15, -0.1) is 0 Å². The first kappa shape index (κ1) is 14.5. The van der Waals surface area contributed by atoms with Gasteiger partial charge in [-0.1, -0.05) is 52.7 Å². The van der Waals surface area contributed by atoms with E-state index in [-0.39, 0.29) is 6.04 Å². The van der Waals surface area contributed by atoms with Crippen LogP contribution in [0.2, 0.25) is 5.02 Å². The van der Waals surface area contributed by atoms with E-state index in [4.69, 9.17) is 11.6 Å². The SMILES string of the molecule is CCNC(Cc1ccccc1Br)c1ccncc1Cl. The first-order chi connectivity index (χ1) is 9.22. The van der Waals surface area contributed by atoms with Crippen LogP contribution in [0, 0.1) is 0 Å². The predicted octanol–water partition coefficient (Wildman–Crippen LogP) is 4.39. The molecule has 1 aromatic carbocycles. The molecule has 0 saturated heterocycles. The van der Waals surface area contributed by atoms with Crippen LogP contribution in [0.5, 0.6) is 0 Å². The summed E-state index contributed by atoms with van der Waals surface area (Å²) in [6.45, 7) is 3.00. The molecule has 2 aromatic rings. The number of likely N-dealkylation sites (N-methyl/N-ethyl adjacent to an activating group) is 1. The molecule has 0 saturated carbocycles. The van der Waals surface area contributed by atoms with Gasteiger partial charge in [-0.3, -0.25) is 4.98 Å². The molecule has 2 nitrogen and oxygen atoms in total. The van der Waals surface area contributed by atoms with Gasteiger partial charge in [0, 0.05) is 22.9 Å². The summed E-state index contributed by atoms with van der Waals surface area (Å²) in [7, 11) is 0. The zero-order valence-corrected chi connectivity index (χ0v) is 13.1. The Labute approximate surface area is 127 Å². The van der Waals surface area contributed by atoms with Crippen molar-refractivity contribution in [3.63, 3.8) is 0 Å². The van der Waals surface area contributed by atoms with E-state index in [1.165, 1.54) is 5.56 Å². The van der Waals surface area contributed by atoms with E-state index < -0.39 is 0 Å². The largest absolute Gasteiger partial charge is 0.310 e. The van der Waals surface area contributed by atoms with E-state index in [9.17, 15) is 0 Å². The van der Waals surface area contributed by atoms with E-state index in [1.54, 1.807) is 12.4 Å². The Morgan fingerprint density at radius 1 is 1.32 bits per heavy atom. The average molecular weight is 340 g/mol. The Morgan fingerprint density at radius 2 is 2.11 bits per heavy atom. The van der Waals surface area contributed by atoms with Crippen LogP contribution >= 0.6 is 27.5 Å². The molecule has 1 aromatic heterocycles. The van der Waals surface area contributed by atoms with Crippen molar-refractivity contribution in [2.45, 2.75) is 19.4 Å². The van der Waals surface area contributed by atoms with Crippen LogP contribution in [0.15, 0.2) is 47.2 Å². The molecule has 0 fully saturated rings. The summed E-state index contributed by atoms with van der Waals surface area (Å²) in [6, 6.07) is 10.4. The number of aromatic nitrogens is 1. The van der Waals surface area contributed by atoms with E-state index in [0.717, 1.165) is 23.0 Å². The summed E-state index contributed by atoms with van der Waals surface area (Å²) in [5, 5.41) is 4.19. The lowest BCUT2D eigenvalue weighted by Gasteiger charge is -2.20. The third-order valence-corrected chi connectivity index (χ3v) is 4.10. The number of pyridine rings is 1. The summed E-state index contributed by atoms with van der Waals surface area (Å²) in [6.07, 6.45) is 4.37. The molecule has 2 rings (SSSR count). The maximum atomic E-state index is 6.25. The van der Waals surface area contributed by atoms with E-state index in [0.29, 0.717) is 5.02 Å². The Balaban J connectivity index is 2.27. The van der Waals surface area contributed by atoms with Crippen molar-refractivity contribution in [1.29, 1.82) is 0 Å². The van der Waals surface area contributed by atoms with Gasteiger partial charge < -0.3 is 5.32 Å². The van der Waals surface area contributed by atoms with Gasteiger partial charge in [0.15, 0.2) is 0 Å². The van der Waals surface area contributed by atoms with Crippen molar-refractivity contribution < 1.29 is 0 Å². The van der Waals surface area contributed by atoms with Gasteiger partial charge >= 0.3 is 0 Å². The molecular formula is C15H16BrClN2. The second-order valence-electron chi connectivity index (χ2n) is 4.30. The second-order valence-corrected chi connectivity index (χ2v) is 5.56. The highest BCUT2D eigenvalue weighted by molar-refractivity contribution is 9.10. The highest BCUT2D eigenvalue weighted by Gasteiger charge is 2.15. The molecule has 100 valence electrons. The molecule has 1 unspecified atom stereocenters. The molecule has 1 N–H and O–H groups in total. The fourth-order valence-corrected chi connectivity index (χ4v) is 2.79. The van der Waals surface area contributed by atoms with Crippen LogP contribution in [0.4, 0.5) is 0 Å². The zero-order valence-electron chi connectivity index (χ0n) is 10.7. The van der Waals surface area contributed by atoms with Gasteiger partial charge in [0.2, 0.25) is 0 Å². The van der Waals surface area contributed by atoms with Gasteiger partial charge in [-0.2, -0.15) is 0 Å². The van der Waals surface area contributed by atoms with Gasteiger partial charge in [0.05, 0.1) is 5.02 Å². The summed E-state index contributed by atoms with van der Waals surface area (Å²) < 4.78 is 1.13. The number of hydrogen-bond donors (Lipinski definition) is 1. The van der Waals surface area contributed by atoms with Crippen molar-refractivity contribution >= 4 is 27.5 Å². The fraction of sp³-hybridized carbons (Fsp3) is 0.267. The lowest BCUT2D eigenvalue weighted by molar-refractivity contribution is 0.548.